The van der Waals surface area contributed by atoms with E-state index >= 15 is 0 Å². The molecule has 0 saturated carbocycles. The quantitative estimate of drug-likeness (QED) is 0.546. The van der Waals surface area contributed by atoms with Crippen molar-refractivity contribution < 1.29 is 37.5 Å². The van der Waals surface area contributed by atoms with Gasteiger partial charge in [0.05, 0.1) is 5.56 Å². The van der Waals surface area contributed by atoms with E-state index < -0.39 is 56.2 Å². The molecule has 0 aromatic heterocycles. The highest BCUT2D eigenvalue weighted by Crippen LogP contribution is 2.51. The number of fused-ring (bicyclic) bond motifs is 3. The lowest BCUT2D eigenvalue weighted by Gasteiger charge is -2.45. The van der Waals surface area contributed by atoms with E-state index in [9.17, 15) is 38.6 Å². The fraction of sp³-hybridized carbons (Fsp3) is 0.240. The van der Waals surface area contributed by atoms with Gasteiger partial charge in [0.15, 0.2) is 17.1 Å². The van der Waals surface area contributed by atoms with Crippen molar-refractivity contribution in [2.75, 3.05) is 0 Å². The van der Waals surface area contributed by atoms with Crippen LogP contribution in [0.2, 0.25) is 0 Å². The van der Waals surface area contributed by atoms with Crippen LogP contribution in [0.4, 0.5) is 0 Å². The van der Waals surface area contributed by atoms with Crippen molar-refractivity contribution in [1.29, 1.82) is 5.26 Å². The summed E-state index contributed by atoms with van der Waals surface area (Å²) in [7, 11) is -4.27. The second kappa shape index (κ2) is 7.80. The van der Waals surface area contributed by atoms with Crippen LogP contribution < -0.4 is 4.18 Å². The van der Waals surface area contributed by atoms with Crippen molar-refractivity contribution in [3.05, 3.63) is 82.3 Å². The maximum atomic E-state index is 13.6. The number of aliphatic hydroxyl groups is 3. The Kier molecular flexibility index (Phi) is 5.09. The molecule has 0 amide bonds. The predicted molar refractivity (Wildman–Crippen MR) is 120 cm³/mol. The first-order valence-corrected chi connectivity index (χ1v) is 12.2. The largest absolute Gasteiger partial charge is 0.511 e. The molecule has 10 heteroatoms. The van der Waals surface area contributed by atoms with Gasteiger partial charge in [0.25, 0.3) is 0 Å². The van der Waals surface area contributed by atoms with Crippen LogP contribution in [0.15, 0.2) is 76.1 Å². The van der Waals surface area contributed by atoms with E-state index in [-0.39, 0.29) is 41.0 Å². The van der Waals surface area contributed by atoms with Crippen LogP contribution in [-0.4, -0.2) is 40.9 Å². The third-order valence-electron chi connectivity index (χ3n) is 6.88. The molecular formula is C25H19NO8S. The van der Waals surface area contributed by atoms with E-state index in [4.69, 9.17) is 4.18 Å². The molecule has 2 aromatic carbocycles. The second-order valence-electron chi connectivity index (χ2n) is 8.80. The first-order valence-electron chi connectivity index (χ1n) is 10.8. The number of nitriles is 1. The Balaban J connectivity index is 1.61. The van der Waals surface area contributed by atoms with Crippen LogP contribution in [0.5, 0.6) is 5.75 Å². The van der Waals surface area contributed by atoms with Crippen molar-refractivity contribution in [1.82, 2.24) is 0 Å². The average Bonchev–Trinajstić information content (AvgIpc) is 2.82. The summed E-state index contributed by atoms with van der Waals surface area (Å²) < 4.78 is 30.9. The summed E-state index contributed by atoms with van der Waals surface area (Å²) in [5, 5.41) is 41.6. The van der Waals surface area contributed by atoms with Crippen molar-refractivity contribution in [3.8, 4) is 11.8 Å². The minimum absolute atomic E-state index is 0.0863. The van der Waals surface area contributed by atoms with Crippen molar-refractivity contribution in [3.63, 3.8) is 0 Å². The van der Waals surface area contributed by atoms with E-state index in [1.165, 1.54) is 30.3 Å². The van der Waals surface area contributed by atoms with Crippen LogP contribution in [0.3, 0.4) is 0 Å². The fourth-order valence-corrected chi connectivity index (χ4v) is 6.19. The van der Waals surface area contributed by atoms with E-state index in [0.717, 1.165) is 0 Å². The van der Waals surface area contributed by atoms with E-state index in [0.29, 0.717) is 5.56 Å². The van der Waals surface area contributed by atoms with Gasteiger partial charge in [-0.1, -0.05) is 30.3 Å². The molecule has 0 bridgehead atoms. The zero-order valence-electron chi connectivity index (χ0n) is 18.1. The molecule has 0 spiro atoms. The van der Waals surface area contributed by atoms with Crippen LogP contribution in [-0.2, 0) is 21.3 Å². The number of allylic oxidation sites excluding steroid dienone is 2. The van der Waals surface area contributed by atoms with E-state index in [1.54, 1.807) is 24.3 Å². The summed E-state index contributed by atoms with van der Waals surface area (Å²) in [6.07, 6.45) is 0.0842. The molecule has 178 valence electrons. The molecule has 2 aromatic rings. The van der Waals surface area contributed by atoms with Crippen molar-refractivity contribution in [2.24, 2.45) is 11.8 Å². The van der Waals surface area contributed by atoms with Gasteiger partial charge in [-0.15, -0.1) is 0 Å². The van der Waals surface area contributed by atoms with E-state index in [2.05, 4.69) is 0 Å². The number of Topliss-reactive ketones (excluding diaryl/α,β-unsaturated/α-hetero) is 2. The Morgan fingerprint density at radius 1 is 1.03 bits per heavy atom. The molecule has 0 unspecified atom stereocenters. The topological polar surface area (TPSA) is 162 Å². The normalized spacial score (nSPS) is 25.9. The molecule has 3 aliphatic carbocycles. The van der Waals surface area contributed by atoms with Gasteiger partial charge in [0.1, 0.15) is 28.1 Å². The minimum atomic E-state index is -4.27. The smallest absolute Gasteiger partial charge is 0.339 e. The van der Waals surface area contributed by atoms with Gasteiger partial charge in [0.2, 0.25) is 5.78 Å². The van der Waals surface area contributed by atoms with Crippen LogP contribution in [0.1, 0.15) is 28.8 Å². The van der Waals surface area contributed by atoms with Crippen LogP contribution >= 0.6 is 0 Å². The highest BCUT2D eigenvalue weighted by atomic mass is 32.2. The predicted octanol–water partition coefficient (Wildman–Crippen LogP) is 2.68. The Labute approximate surface area is 200 Å². The molecular weight excluding hydrogens is 474 g/mol. The van der Waals surface area contributed by atoms with E-state index in [1.807, 2.05) is 0 Å². The molecule has 5 rings (SSSR count). The number of ketones is 2. The number of carbonyl (C=O) groups excluding carboxylic acids is 2. The third-order valence-corrected chi connectivity index (χ3v) is 8.13. The molecule has 0 fully saturated rings. The monoisotopic (exact) mass is 493 g/mol. The summed E-state index contributed by atoms with van der Waals surface area (Å²) >= 11 is 0. The first-order chi connectivity index (χ1) is 16.6. The molecule has 35 heavy (non-hydrogen) atoms. The lowest BCUT2D eigenvalue weighted by molar-refractivity contribution is -0.142. The standard InChI is InChI=1S/C25H19NO8S/c26-12-17-18(27)11-15-10-14-9-13-5-4-8-19(34-35(32,33)16-6-2-1-3-7-16)20(13)22(28)21(14)24(30)25(15,31)23(17)29/h1-8,14-15,27,30-31H,9-11H2/t14-,15-,25+/m0/s1. The highest BCUT2D eigenvalue weighted by molar-refractivity contribution is 7.87. The Hall–Kier alpha value is -3.94. The number of nitrogens with zero attached hydrogens (tertiary/aromatic N) is 1. The summed E-state index contributed by atoms with van der Waals surface area (Å²) in [6, 6.07) is 13.4. The molecule has 0 heterocycles. The number of rotatable bonds is 3. The van der Waals surface area contributed by atoms with Gasteiger partial charge in [-0.2, -0.15) is 13.7 Å². The Morgan fingerprint density at radius 2 is 1.74 bits per heavy atom. The Bertz CT molecular complexity index is 1500. The van der Waals surface area contributed by atoms with Crippen LogP contribution in [0, 0.1) is 23.2 Å². The first kappa shape index (κ1) is 22.8. The SMILES string of the molecule is N#CC1=C(O)C[C@@H]2C[C@@H]3Cc4cccc(OS(=O)(=O)c5ccccc5)c4C(=O)C3=C(O)[C@]2(O)C1=O. The number of aliphatic hydroxyl groups excluding tert-OH is 2. The molecule has 3 atom stereocenters. The molecule has 0 radical (unpaired) electrons. The lowest BCUT2D eigenvalue weighted by atomic mass is 9.60. The molecule has 3 N–H and O–H groups in total. The third kappa shape index (κ3) is 3.27. The number of hydrogen-bond donors (Lipinski definition) is 3. The Morgan fingerprint density at radius 3 is 2.43 bits per heavy atom. The van der Waals surface area contributed by atoms with Crippen LogP contribution in [0.25, 0.3) is 0 Å². The number of hydrogen-bond acceptors (Lipinski definition) is 9. The molecule has 0 aliphatic heterocycles. The molecule has 9 nitrogen and oxygen atoms in total. The molecule has 3 aliphatic rings. The highest BCUT2D eigenvalue weighted by Gasteiger charge is 2.59. The molecule has 0 saturated heterocycles. The fourth-order valence-electron chi connectivity index (χ4n) is 5.23. The zero-order chi connectivity index (χ0) is 25.1. The summed E-state index contributed by atoms with van der Waals surface area (Å²) in [4.78, 5) is 26.4. The number of benzene rings is 2. The number of carbonyl (C=O) groups is 2. The van der Waals surface area contributed by atoms with Gasteiger partial charge >= 0.3 is 10.1 Å². The minimum Gasteiger partial charge on any atom is -0.511 e. The lowest BCUT2D eigenvalue weighted by Crippen LogP contribution is -2.55. The second-order valence-corrected chi connectivity index (χ2v) is 10.3. The van der Waals surface area contributed by atoms with Crippen molar-refractivity contribution in [2.45, 2.75) is 29.8 Å². The zero-order valence-corrected chi connectivity index (χ0v) is 18.9. The van der Waals surface area contributed by atoms with Gasteiger partial charge in [-0.3, -0.25) is 9.59 Å². The van der Waals surface area contributed by atoms with Gasteiger partial charge in [-0.25, -0.2) is 0 Å². The van der Waals surface area contributed by atoms with Gasteiger partial charge in [0, 0.05) is 17.9 Å². The average molecular weight is 493 g/mol. The van der Waals surface area contributed by atoms with Gasteiger partial charge in [-0.05, 0) is 42.5 Å². The summed E-state index contributed by atoms with van der Waals surface area (Å²) in [5.41, 5.74) is -3.04. The maximum absolute atomic E-state index is 13.6. The van der Waals surface area contributed by atoms with Gasteiger partial charge < -0.3 is 19.5 Å². The van der Waals surface area contributed by atoms with Crippen molar-refractivity contribution >= 4 is 21.7 Å². The summed E-state index contributed by atoms with van der Waals surface area (Å²) in [5.74, 6) is -5.06. The summed E-state index contributed by atoms with van der Waals surface area (Å²) in [6.45, 7) is 0. The maximum Gasteiger partial charge on any atom is 0.339 e.